The van der Waals surface area contributed by atoms with Crippen LogP contribution in [0.5, 0.6) is 5.75 Å². The number of ether oxygens (including phenoxy) is 1. The van der Waals surface area contributed by atoms with Gasteiger partial charge in [0.25, 0.3) is 11.5 Å². The van der Waals surface area contributed by atoms with Crippen molar-refractivity contribution >= 4 is 28.3 Å². The Morgan fingerprint density at radius 3 is 2.47 bits per heavy atom. The van der Waals surface area contributed by atoms with Gasteiger partial charge in [0.15, 0.2) is 0 Å². The maximum Gasteiger partial charge on any atom is 0.275 e. The molecule has 1 N–H and O–H groups in total. The number of nitrogens with zero attached hydrogens (tertiary/aromatic N) is 4. The van der Waals surface area contributed by atoms with Gasteiger partial charge in [-0.05, 0) is 61.1 Å². The zero-order valence-electron chi connectivity index (χ0n) is 20.3. The number of rotatable bonds is 6. The quantitative estimate of drug-likeness (QED) is 0.530. The van der Waals surface area contributed by atoms with Crippen molar-refractivity contribution in [2.45, 2.75) is 38.3 Å². The molecule has 2 fully saturated rings. The summed E-state index contributed by atoms with van der Waals surface area (Å²) in [5, 5.41) is 14.9. The van der Waals surface area contributed by atoms with Crippen LogP contribution in [-0.4, -0.2) is 58.4 Å². The summed E-state index contributed by atoms with van der Waals surface area (Å²) in [6.07, 6.45) is 3.90. The van der Waals surface area contributed by atoms with E-state index in [0.717, 1.165) is 37.2 Å². The number of anilines is 1. The molecule has 9 heteroatoms. The molecule has 0 spiro atoms. The first-order valence-electron chi connectivity index (χ1n) is 12.3. The van der Waals surface area contributed by atoms with Gasteiger partial charge in [0, 0.05) is 37.2 Å². The lowest BCUT2D eigenvalue weighted by molar-refractivity contribution is -0.152. The number of benzene rings is 2. The number of methoxy groups -OCH3 is 1. The molecular formula is C27H30N4O5. The van der Waals surface area contributed by atoms with E-state index in [1.807, 2.05) is 24.3 Å². The number of aliphatic hydroxyl groups is 1. The van der Waals surface area contributed by atoms with Crippen LogP contribution in [0.3, 0.4) is 0 Å². The van der Waals surface area contributed by atoms with E-state index in [1.54, 1.807) is 31.5 Å². The van der Waals surface area contributed by atoms with Gasteiger partial charge in [-0.2, -0.15) is 5.10 Å². The van der Waals surface area contributed by atoms with Crippen LogP contribution in [0, 0.1) is 5.92 Å². The average molecular weight is 491 g/mol. The third-order valence-electron chi connectivity index (χ3n) is 7.31. The van der Waals surface area contributed by atoms with Gasteiger partial charge in [0.2, 0.25) is 5.91 Å². The summed E-state index contributed by atoms with van der Waals surface area (Å²) in [7, 11) is 1.58. The molecule has 2 aliphatic heterocycles. The zero-order valence-corrected chi connectivity index (χ0v) is 20.3. The van der Waals surface area contributed by atoms with Gasteiger partial charge in [-0.25, -0.2) is 4.68 Å². The molecule has 2 saturated heterocycles. The van der Waals surface area contributed by atoms with Crippen molar-refractivity contribution in [1.29, 1.82) is 0 Å². The lowest BCUT2D eigenvalue weighted by Crippen LogP contribution is -2.47. The number of piperidine rings is 2. The molecule has 9 nitrogen and oxygen atoms in total. The first kappa shape index (κ1) is 24.0. The van der Waals surface area contributed by atoms with Crippen molar-refractivity contribution < 1.29 is 19.4 Å². The molecule has 0 bridgehead atoms. The fourth-order valence-electron chi connectivity index (χ4n) is 5.07. The monoisotopic (exact) mass is 490 g/mol. The summed E-state index contributed by atoms with van der Waals surface area (Å²) in [6, 6.07) is 12.0. The molecule has 0 radical (unpaired) electrons. The van der Waals surface area contributed by atoms with E-state index in [2.05, 4.69) is 10.00 Å². The second-order valence-corrected chi connectivity index (χ2v) is 9.50. The van der Waals surface area contributed by atoms with Crippen LogP contribution in [0.15, 0.2) is 53.5 Å². The molecular weight excluding hydrogens is 460 g/mol. The second kappa shape index (κ2) is 10.1. The number of likely N-dealkylation sites (tertiary alicyclic amines) is 1. The summed E-state index contributed by atoms with van der Waals surface area (Å²) >= 11 is 0. The summed E-state index contributed by atoms with van der Waals surface area (Å²) in [4.78, 5) is 42.7. The summed E-state index contributed by atoms with van der Waals surface area (Å²) in [5.41, 5.74) is 1.48. The van der Waals surface area contributed by atoms with Crippen LogP contribution in [0.4, 0.5) is 5.69 Å². The number of amides is 2. The van der Waals surface area contributed by atoms with Crippen LogP contribution in [0.1, 0.15) is 37.3 Å². The fraction of sp³-hybridized carbons (Fsp3) is 0.407. The third-order valence-corrected chi connectivity index (χ3v) is 7.31. The molecule has 1 aromatic heterocycles. The minimum absolute atomic E-state index is 0.136. The van der Waals surface area contributed by atoms with Gasteiger partial charge in [-0.1, -0.05) is 12.1 Å². The van der Waals surface area contributed by atoms with Crippen molar-refractivity contribution in [2.75, 3.05) is 31.7 Å². The highest BCUT2D eigenvalue weighted by Crippen LogP contribution is 2.27. The van der Waals surface area contributed by atoms with E-state index < -0.39 is 11.9 Å². The molecule has 3 aromatic rings. The van der Waals surface area contributed by atoms with Crippen LogP contribution < -0.4 is 15.2 Å². The second-order valence-electron chi connectivity index (χ2n) is 9.50. The number of imide groups is 1. The van der Waals surface area contributed by atoms with E-state index in [-0.39, 0.29) is 37.5 Å². The first-order valence-corrected chi connectivity index (χ1v) is 12.3. The Bertz CT molecular complexity index is 1330. The molecule has 188 valence electrons. The minimum atomic E-state index is -0.824. The number of hydrogen-bond donors (Lipinski definition) is 1. The molecule has 2 aromatic carbocycles. The molecule has 2 aliphatic rings. The minimum Gasteiger partial charge on any atom is -0.497 e. The van der Waals surface area contributed by atoms with E-state index in [1.165, 1.54) is 9.58 Å². The third kappa shape index (κ3) is 4.58. The standard InChI is InChI=1S/C27H30N4O5/c1-36-22-5-2-18(3-6-22)16-30-25(33)9-8-24(27(30)35)31-26(34)23-7-4-21(14-20(23)15-28-31)29-12-10-19(17-32)11-13-29/h2-7,14-15,19,24,32H,8-13,16-17H2,1H3. The summed E-state index contributed by atoms with van der Waals surface area (Å²) in [6.45, 7) is 2.07. The normalized spacial score (nSPS) is 19.2. The number of aromatic nitrogens is 2. The topological polar surface area (TPSA) is 105 Å². The van der Waals surface area contributed by atoms with Crippen molar-refractivity contribution in [1.82, 2.24) is 14.7 Å². The predicted octanol–water partition coefficient (Wildman–Crippen LogP) is 2.50. The van der Waals surface area contributed by atoms with E-state index in [0.29, 0.717) is 22.4 Å². The Morgan fingerprint density at radius 2 is 1.78 bits per heavy atom. The SMILES string of the molecule is COc1ccc(CN2C(=O)CCC(n3ncc4cc(N5CCC(CO)CC5)ccc4c3=O)C2=O)cc1. The Morgan fingerprint density at radius 1 is 1.03 bits per heavy atom. The predicted molar refractivity (Wildman–Crippen MR) is 135 cm³/mol. The van der Waals surface area contributed by atoms with Gasteiger partial charge < -0.3 is 14.7 Å². The lowest BCUT2D eigenvalue weighted by Gasteiger charge is -2.33. The smallest absolute Gasteiger partial charge is 0.275 e. The zero-order chi connectivity index (χ0) is 25.2. The molecule has 1 unspecified atom stereocenters. The van der Waals surface area contributed by atoms with Crippen molar-refractivity contribution in [3.8, 4) is 5.75 Å². The van der Waals surface area contributed by atoms with Crippen molar-refractivity contribution in [3.05, 3.63) is 64.6 Å². The molecule has 0 aliphatic carbocycles. The molecule has 0 saturated carbocycles. The molecule has 1 atom stereocenters. The van der Waals surface area contributed by atoms with E-state index >= 15 is 0 Å². The van der Waals surface area contributed by atoms with Crippen molar-refractivity contribution in [3.63, 3.8) is 0 Å². The van der Waals surface area contributed by atoms with Gasteiger partial charge in [-0.3, -0.25) is 19.3 Å². The largest absolute Gasteiger partial charge is 0.497 e. The van der Waals surface area contributed by atoms with E-state index in [9.17, 15) is 19.5 Å². The molecule has 2 amide bonds. The van der Waals surface area contributed by atoms with Gasteiger partial charge >= 0.3 is 0 Å². The highest BCUT2D eigenvalue weighted by Gasteiger charge is 2.36. The number of fused-ring (bicyclic) bond motifs is 1. The van der Waals surface area contributed by atoms with Crippen molar-refractivity contribution in [2.24, 2.45) is 5.92 Å². The number of carbonyl (C=O) groups is 2. The maximum atomic E-state index is 13.3. The maximum absolute atomic E-state index is 13.3. The molecule has 36 heavy (non-hydrogen) atoms. The highest BCUT2D eigenvalue weighted by molar-refractivity contribution is 5.99. The fourth-order valence-corrected chi connectivity index (χ4v) is 5.07. The highest BCUT2D eigenvalue weighted by atomic mass is 16.5. The molecule has 5 rings (SSSR count). The Hall–Kier alpha value is -3.72. The summed E-state index contributed by atoms with van der Waals surface area (Å²) < 4.78 is 6.40. The van der Waals surface area contributed by atoms with Crippen LogP contribution in [0.25, 0.3) is 10.8 Å². The van der Waals surface area contributed by atoms with Crippen LogP contribution in [0.2, 0.25) is 0 Å². The number of carbonyl (C=O) groups excluding carboxylic acids is 2. The Balaban J connectivity index is 1.38. The number of hydrogen-bond acceptors (Lipinski definition) is 7. The van der Waals surface area contributed by atoms with E-state index in [4.69, 9.17) is 4.74 Å². The number of aliphatic hydroxyl groups excluding tert-OH is 1. The lowest BCUT2D eigenvalue weighted by atomic mass is 9.97. The van der Waals surface area contributed by atoms with Crippen LogP contribution in [-0.2, 0) is 16.1 Å². The Labute approximate surface area is 208 Å². The molecule has 3 heterocycles. The van der Waals surface area contributed by atoms with Gasteiger partial charge in [0.1, 0.15) is 11.8 Å². The average Bonchev–Trinajstić information content (AvgIpc) is 2.92. The van der Waals surface area contributed by atoms with Crippen LogP contribution >= 0.6 is 0 Å². The van der Waals surface area contributed by atoms with Gasteiger partial charge in [-0.15, -0.1) is 0 Å². The first-order chi connectivity index (χ1) is 17.5. The summed E-state index contributed by atoms with van der Waals surface area (Å²) in [5.74, 6) is 0.368. The van der Waals surface area contributed by atoms with Gasteiger partial charge in [0.05, 0.1) is 25.2 Å². The Kier molecular flexibility index (Phi) is 6.73.